The van der Waals surface area contributed by atoms with Gasteiger partial charge in [0, 0.05) is 77.2 Å². The van der Waals surface area contributed by atoms with Gasteiger partial charge in [-0.1, -0.05) is 181 Å². The van der Waals surface area contributed by atoms with Crippen molar-refractivity contribution >= 4 is 318 Å². The maximum Gasteiger partial charge on any atom is 0.379 e. The number of rotatable bonds is 20. The van der Waals surface area contributed by atoms with Crippen LogP contribution in [0.3, 0.4) is 0 Å². The van der Waals surface area contributed by atoms with E-state index in [0.29, 0.717) is 77.8 Å². The molecule has 7 aromatic heterocycles. The van der Waals surface area contributed by atoms with Gasteiger partial charge in [-0.25, -0.2) is 24.0 Å². The summed E-state index contributed by atoms with van der Waals surface area (Å²) in [5.41, 5.74) is 9.86. The maximum atomic E-state index is 12.6. The molecule has 9 heterocycles. The Kier molecular flexibility index (Phi) is 36.3. The molecule has 38 heteroatoms. The number of ketones is 3. The number of benzene rings is 8. The largest absolute Gasteiger partial charge is 0.464 e. The van der Waals surface area contributed by atoms with Gasteiger partial charge in [0.15, 0.2) is 17.9 Å². The number of aliphatic hydroxyl groups excluding tert-OH is 2. The van der Waals surface area contributed by atoms with E-state index in [9.17, 15) is 63.0 Å². The fourth-order valence-corrected chi connectivity index (χ4v) is 23.2. The van der Waals surface area contributed by atoms with E-state index in [1.54, 1.807) is 95.3 Å². The number of aliphatic hydroxyl groups is 2. The highest BCUT2D eigenvalue weighted by molar-refractivity contribution is 9.08. The van der Waals surface area contributed by atoms with Crippen molar-refractivity contribution in [1.29, 1.82) is 5.26 Å². The minimum absolute atomic E-state index is 0.0541. The molecule has 2 amide bonds. The van der Waals surface area contributed by atoms with Crippen LogP contribution < -0.4 is 0 Å². The fourth-order valence-electron chi connectivity index (χ4n) is 13.6. The number of aldehydes is 1. The number of thiophene rings is 7. The average molecular weight is 2120 g/mol. The summed E-state index contributed by atoms with van der Waals surface area (Å²) in [6.45, 7) is 16.9. The number of Topliss-reactive ketones (excluding diaryl/α,β-unsaturated/α-hetero) is 3. The van der Waals surface area contributed by atoms with Crippen LogP contribution in [-0.4, -0.2) is 119 Å². The lowest BCUT2D eigenvalue weighted by Crippen LogP contribution is -2.30. The standard InChI is InChI=1S/C21H14ClNO6S.C13H10BrClO3S.C13H10ClNO3S.C13H13ClO3S.C13H11ClO3S.C11H8ClNOS.C10H7ClOS/c1-2-28-21(27)17(24)12-8-7-11-9-16(22)30-18(11)15(12)10-29-23-19(25)13-5-3-4-6-14(13)20(23)26;1-2-18-13(17)11(16)8-4-3-7-5-10(15)19-12(7)9(8)6-14;1-2-17-13(16)11-8-4-3-7-5-10(14)19-12(7)9(8)6-18-15-11;2*1-3-17-13(16)11(15)9-5-4-8-6-10(14)18-12(8)7(9)2;1-6-8(9(14)5-13)3-2-7-4-10(12)15-11(6)7;1-6-8(5-12)3-2-7-4-9(11)13-10(6)7/h3-9H,2,10H2,1H3;2*3-5H,2,6H2,1H3;4-6,11,15H,3H2,1-2H3;4-6H,3H2,1-2H3;2-4,9,14H,1H3;2-5H,1H3. The van der Waals surface area contributed by atoms with Crippen molar-refractivity contribution in [2.75, 3.05) is 33.0 Å². The van der Waals surface area contributed by atoms with Crippen LogP contribution in [0, 0.1) is 39.0 Å². The molecular weight excluding hydrogens is 2040 g/mol. The van der Waals surface area contributed by atoms with Gasteiger partial charge < -0.3 is 38.7 Å². The summed E-state index contributed by atoms with van der Waals surface area (Å²) in [6, 6.07) is 45.9. The molecule has 17 rings (SSSR count). The summed E-state index contributed by atoms with van der Waals surface area (Å²) in [5, 5.41) is 40.0. The van der Waals surface area contributed by atoms with Crippen LogP contribution in [0.4, 0.5) is 0 Å². The molecule has 0 saturated carbocycles. The normalized spacial score (nSPS) is 12.1. The summed E-state index contributed by atoms with van der Waals surface area (Å²) >= 11 is 55.1. The van der Waals surface area contributed by atoms with Gasteiger partial charge in [0.2, 0.25) is 0 Å². The van der Waals surface area contributed by atoms with Crippen LogP contribution in [0.1, 0.15) is 165 Å². The first-order valence-electron chi connectivity index (χ1n) is 39.6. The number of fused-ring (bicyclic) bond motifs is 10. The SMILES string of the molecule is CCOC(=O)C(=O)c1ccc2cc(Cl)sc2c1C.CCOC(=O)C(=O)c1ccc2cc(Cl)sc2c1CBr.CCOC(=O)C(=O)c1ccc2cc(Cl)sc2c1CON1C(=O)c2ccccc2C1=O.CCOC(=O)C(O)c1ccc2cc(Cl)sc2c1C.CCOC(=O)C1=NOCc2c1ccc1cc(Cl)sc21.Cc1c(C(O)C#N)ccc2cc(Cl)sc12.Cc1c(C=O)ccc2cc(Cl)sc12. The molecule has 23 nitrogen and oxygen atoms in total. The van der Waals surface area contributed by atoms with Crippen LogP contribution in [0.5, 0.6) is 0 Å². The number of esters is 5. The first kappa shape index (κ1) is 103. The molecule has 2 aliphatic rings. The van der Waals surface area contributed by atoms with Crippen molar-refractivity contribution in [2.24, 2.45) is 5.16 Å². The molecule has 132 heavy (non-hydrogen) atoms. The molecule has 15 aromatic rings. The third kappa shape index (κ3) is 23.7. The summed E-state index contributed by atoms with van der Waals surface area (Å²) < 4.78 is 35.4. The number of hydrogen-bond donors (Lipinski definition) is 2. The van der Waals surface area contributed by atoms with Crippen molar-refractivity contribution in [3.8, 4) is 6.07 Å². The molecule has 0 aliphatic carbocycles. The predicted molar refractivity (Wildman–Crippen MR) is 530 cm³/mol. The molecule has 0 fully saturated rings. The van der Waals surface area contributed by atoms with E-state index in [1.807, 2.05) is 107 Å². The second-order valence-electron chi connectivity index (χ2n) is 27.9. The Morgan fingerprint density at radius 2 is 0.826 bits per heavy atom. The van der Waals surface area contributed by atoms with E-state index in [4.69, 9.17) is 120 Å². The molecule has 2 aliphatic heterocycles. The number of aryl methyl sites for hydroxylation is 4. The summed E-state index contributed by atoms with van der Waals surface area (Å²) in [6.07, 6.45) is -1.42. The first-order chi connectivity index (χ1) is 63.1. The Labute approximate surface area is 825 Å². The number of halogens is 8. The third-order valence-corrected chi connectivity index (χ3v) is 30.0. The Bertz CT molecular complexity index is 7050. The maximum absolute atomic E-state index is 12.6. The van der Waals surface area contributed by atoms with Crippen molar-refractivity contribution in [3.05, 3.63) is 271 Å². The molecular formula is C94H73BrCl7N3O20S7. The first-order valence-corrected chi connectivity index (χ1v) is 49.1. The Morgan fingerprint density at radius 3 is 1.27 bits per heavy atom. The Hall–Kier alpha value is -10.0. The minimum Gasteiger partial charge on any atom is -0.464 e. The lowest BCUT2D eigenvalue weighted by molar-refractivity contribution is -0.153. The van der Waals surface area contributed by atoms with Crippen molar-refractivity contribution in [1.82, 2.24) is 5.06 Å². The lowest BCUT2D eigenvalue weighted by atomic mass is 10.0. The predicted octanol–water partition coefficient (Wildman–Crippen LogP) is 25.7. The topological polar surface area (TPSA) is 332 Å². The number of carbonyl (C=O) groups excluding carboxylic acids is 11. The van der Waals surface area contributed by atoms with E-state index in [2.05, 4.69) is 21.1 Å². The molecule has 0 saturated heterocycles. The number of hydroxylamine groups is 2. The molecule has 2 N–H and O–H groups in total. The number of oxime groups is 1. The van der Waals surface area contributed by atoms with E-state index >= 15 is 0 Å². The fraction of sp³-hybridized carbons (Fsp3) is 0.202. The molecule has 682 valence electrons. The monoisotopic (exact) mass is 2110 g/mol. The van der Waals surface area contributed by atoms with Gasteiger partial charge in [-0.2, -0.15) is 5.26 Å². The average Bonchev–Trinajstić information content (AvgIpc) is 1.59. The number of nitriles is 1. The zero-order valence-corrected chi connectivity index (χ0v) is 83.4. The highest BCUT2D eigenvalue weighted by Gasteiger charge is 2.38. The van der Waals surface area contributed by atoms with Crippen molar-refractivity contribution < 1.29 is 96.3 Å². The summed E-state index contributed by atoms with van der Waals surface area (Å²) in [4.78, 5) is 141. The van der Waals surface area contributed by atoms with Crippen LogP contribution >= 0.6 is 176 Å². The molecule has 0 bridgehead atoms. The third-order valence-electron chi connectivity index (χ3n) is 19.8. The number of imide groups is 1. The summed E-state index contributed by atoms with van der Waals surface area (Å²) in [5.74, 6) is -6.99. The van der Waals surface area contributed by atoms with Gasteiger partial charge >= 0.3 is 29.8 Å². The van der Waals surface area contributed by atoms with Crippen molar-refractivity contribution in [2.45, 2.75) is 93.1 Å². The minimum atomic E-state index is -1.24. The van der Waals surface area contributed by atoms with E-state index in [-0.39, 0.29) is 55.4 Å². The van der Waals surface area contributed by atoms with Crippen LogP contribution in [0.15, 0.2) is 157 Å². The second kappa shape index (κ2) is 46.8. The quantitative estimate of drug-likeness (QED) is 0.0105. The number of alkyl halides is 1. The number of hydrogen-bond acceptors (Lipinski definition) is 29. The Balaban J connectivity index is 0.000000151. The number of nitrogens with zero attached hydrogens (tertiary/aromatic N) is 3. The van der Waals surface area contributed by atoms with E-state index in [0.717, 1.165) is 125 Å². The van der Waals surface area contributed by atoms with Crippen molar-refractivity contribution in [3.63, 3.8) is 0 Å². The zero-order valence-electron chi connectivity index (χ0n) is 70.8. The smallest absolute Gasteiger partial charge is 0.379 e. The van der Waals surface area contributed by atoms with Gasteiger partial charge in [-0.15, -0.1) is 84.4 Å². The Morgan fingerprint density at radius 1 is 0.462 bits per heavy atom. The van der Waals surface area contributed by atoms with E-state index < -0.39 is 71.2 Å². The molecule has 8 aromatic carbocycles. The van der Waals surface area contributed by atoms with Crippen LogP contribution in [0.25, 0.3) is 70.6 Å². The van der Waals surface area contributed by atoms with Crippen LogP contribution in [-0.2, 0) is 75.9 Å². The molecule has 0 spiro atoms. The molecule has 0 radical (unpaired) electrons. The number of amides is 2. The summed E-state index contributed by atoms with van der Waals surface area (Å²) in [7, 11) is 0. The van der Waals surface area contributed by atoms with Crippen LogP contribution in [0.2, 0.25) is 30.4 Å². The van der Waals surface area contributed by atoms with Gasteiger partial charge in [0.05, 0.1) is 80.6 Å². The molecule has 2 atom stereocenters. The van der Waals surface area contributed by atoms with E-state index in [1.165, 1.54) is 97.6 Å². The zero-order chi connectivity index (χ0) is 95.8. The lowest BCUT2D eigenvalue weighted by Gasteiger charge is -2.16. The second-order valence-corrected chi connectivity index (χ2v) is 40.2. The molecule has 2 unspecified atom stereocenters. The van der Waals surface area contributed by atoms with Gasteiger partial charge in [-0.3, -0.25) is 33.6 Å². The highest BCUT2D eigenvalue weighted by Crippen LogP contribution is 2.43. The number of carbonyl (C=O) groups is 11. The van der Waals surface area contributed by atoms with Gasteiger partial charge in [-0.05, 0) is 212 Å². The highest BCUT2D eigenvalue weighted by atomic mass is 79.9. The number of ether oxygens (including phenoxy) is 5. The van der Waals surface area contributed by atoms with Gasteiger partial charge in [0.1, 0.15) is 19.5 Å². The van der Waals surface area contributed by atoms with Gasteiger partial charge in [0.25, 0.3) is 29.2 Å².